The Morgan fingerprint density at radius 1 is 1.16 bits per heavy atom. The highest BCUT2D eigenvalue weighted by Crippen LogP contribution is 2.37. The third kappa shape index (κ3) is 3.16. The Morgan fingerprint density at radius 3 is 2.61 bits per heavy atom. The molecule has 0 saturated carbocycles. The van der Waals surface area contributed by atoms with Crippen LogP contribution in [-0.4, -0.2) is 59.7 Å². The lowest BCUT2D eigenvalue weighted by Gasteiger charge is -2.39. The largest absolute Gasteiger partial charge is 0.465 e. The Balaban J connectivity index is 1.63. The van der Waals surface area contributed by atoms with E-state index < -0.39 is 6.09 Å². The number of carbonyl (C=O) groups is 1. The summed E-state index contributed by atoms with van der Waals surface area (Å²) in [7, 11) is 1.92. The molecule has 4 aromatic rings. The monoisotopic (exact) mass is 418 g/mol. The molecule has 3 aromatic heterocycles. The molecule has 1 fully saturated rings. The average Bonchev–Trinajstić information content (AvgIpc) is 3.25. The molecule has 10 heteroatoms. The van der Waals surface area contributed by atoms with E-state index in [1.54, 1.807) is 4.52 Å². The summed E-state index contributed by atoms with van der Waals surface area (Å²) in [6.45, 7) is 5.05. The van der Waals surface area contributed by atoms with Gasteiger partial charge in [0.1, 0.15) is 23.4 Å². The Hall–Kier alpha value is -3.95. The summed E-state index contributed by atoms with van der Waals surface area (Å²) in [6, 6.07) is 8.19. The first-order valence-corrected chi connectivity index (χ1v) is 9.96. The molecule has 4 heterocycles. The molecule has 0 radical (unpaired) electrons. The van der Waals surface area contributed by atoms with Crippen LogP contribution in [0.5, 0.6) is 0 Å². The van der Waals surface area contributed by atoms with Gasteiger partial charge in [0.05, 0.1) is 17.9 Å². The minimum atomic E-state index is -1.02. The molecule has 1 aromatic carbocycles. The summed E-state index contributed by atoms with van der Waals surface area (Å²) in [6.07, 6.45) is 2.30. The van der Waals surface area contributed by atoms with E-state index in [1.807, 2.05) is 29.7 Å². The number of hydrogen-bond acceptors (Lipinski definition) is 6. The van der Waals surface area contributed by atoms with E-state index in [-0.39, 0.29) is 6.04 Å². The van der Waals surface area contributed by atoms with Crippen molar-refractivity contribution < 1.29 is 9.90 Å². The lowest BCUT2D eigenvalue weighted by atomic mass is 10.0. The summed E-state index contributed by atoms with van der Waals surface area (Å²) in [5, 5.41) is 20.4. The van der Waals surface area contributed by atoms with Gasteiger partial charge in [-0.2, -0.15) is 10.2 Å². The van der Waals surface area contributed by atoms with Gasteiger partial charge in [-0.3, -0.25) is 4.68 Å². The summed E-state index contributed by atoms with van der Waals surface area (Å²) in [4.78, 5) is 22.3. The maximum absolute atomic E-state index is 10.9. The standard InChI is InChI=1S/C21H22N8O2/c1-12-4-6-14(7-5-12)18-16(8-23-27(18)3)17-19-20(22-11-24-29(19)13(2)25-17)28-9-15(10-28)26-21(30)31/h4-8,11,15,26H,9-10H2,1-3H3,(H,30,31). The van der Waals surface area contributed by atoms with Crippen LogP contribution in [0.1, 0.15) is 11.4 Å². The quantitative estimate of drug-likeness (QED) is 0.523. The average molecular weight is 418 g/mol. The molecule has 5 rings (SSSR count). The van der Waals surface area contributed by atoms with Crippen molar-refractivity contribution in [3.8, 4) is 22.5 Å². The predicted octanol–water partition coefficient (Wildman–Crippen LogP) is 2.26. The lowest BCUT2D eigenvalue weighted by molar-refractivity contribution is 0.187. The van der Waals surface area contributed by atoms with Gasteiger partial charge in [0.15, 0.2) is 5.82 Å². The van der Waals surface area contributed by atoms with Crippen LogP contribution in [0.2, 0.25) is 0 Å². The minimum absolute atomic E-state index is 0.124. The predicted molar refractivity (Wildman–Crippen MR) is 115 cm³/mol. The third-order valence-electron chi connectivity index (χ3n) is 5.60. The van der Waals surface area contributed by atoms with Gasteiger partial charge in [0.25, 0.3) is 0 Å². The van der Waals surface area contributed by atoms with E-state index in [9.17, 15) is 4.79 Å². The van der Waals surface area contributed by atoms with Gasteiger partial charge in [-0.05, 0) is 13.8 Å². The van der Waals surface area contributed by atoms with Crippen LogP contribution >= 0.6 is 0 Å². The highest BCUT2D eigenvalue weighted by molar-refractivity contribution is 5.92. The smallest absolute Gasteiger partial charge is 0.405 e. The molecule has 10 nitrogen and oxygen atoms in total. The Kier molecular flexibility index (Phi) is 4.35. The van der Waals surface area contributed by atoms with Crippen LogP contribution in [0.3, 0.4) is 0 Å². The molecule has 1 aliphatic heterocycles. The summed E-state index contributed by atoms with van der Waals surface area (Å²) < 4.78 is 3.63. The first kappa shape index (κ1) is 19.0. The van der Waals surface area contributed by atoms with Gasteiger partial charge in [-0.15, -0.1) is 0 Å². The van der Waals surface area contributed by atoms with Crippen LogP contribution in [0.4, 0.5) is 10.6 Å². The SMILES string of the molecule is Cc1ccc(-c2c(-c3nc(C)n4ncnc(N5CC(NC(=O)O)C5)c34)cnn2C)cc1. The Bertz CT molecular complexity index is 1280. The number of anilines is 1. The van der Waals surface area contributed by atoms with Crippen molar-refractivity contribution in [2.45, 2.75) is 19.9 Å². The van der Waals surface area contributed by atoms with Crippen LogP contribution in [-0.2, 0) is 7.05 Å². The molecule has 31 heavy (non-hydrogen) atoms. The van der Waals surface area contributed by atoms with Crippen molar-refractivity contribution in [2.75, 3.05) is 18.0 Å². The fraction of sp³-hybridized carbons (Fsp3) is 0.286. The maximum atomic E-state index is 10.9. The summed E-state index contributed by atoms with van der Waals surface area (Å²) in [5.74, 6) is 1.47. The number of imidazole rings is 1. The second-order valence-corrected chi connectivity index (χ2v) is 7.80. The third-order valence-corrected chi connectivity index (χ3v) is 5.60. The van der Waals surface area contributed by atoms with Crippen molar-refractivity contribution in [1.29, 1.82) is 0 Å². The molecule has 1 amide bonds. The molecule has 0 aliphatic carbocycles. The van der Waals surface area contributed by atoms with E-state index in [0.717, 1.165) is 39.7 Å². The summed E-state index contributed by atoms with van der Waals surface area (Å²) >= 11 is 0. The van der Waals surface area contributed by atoms with E-state index in [0.29, 0.717) is 13.1 Å². The first-order valence-electron chi connectivity index (χ1n) is 9.96. The van der Waals surface area contributed by atoms with Crippen LogP contribution < -0.4 is 10.2 Å². The normalized spacial score (nSPS) is 14.1. The Morgan fingerprint density at radius 2 is 1.90 bits per heavy atom. The zero-order valence-corrected chi connectivity index (χ0v) is 17.4. The van der Waals surface area contributed by atoms with E-state index in [2.05, 4.69) is 51.7 Å². The summed E-state index contributed by atoms with van der Waals surface area (Å²) in [5.41, 5.74) is 5.64. The molecule has 2 N–H and O–H groups in total. The second-order valence-electron chi connectivity index (χ2n) is 7.80. The molecule has 0 bridgehead atoms. The number of aromatic nitrogens is 6. The molecule has 158 valence electrons. The lowest BCUT2D eigenvalue weighted by Crippen LogP contribution is -2.59. The zero-order chi connectivity index (χ0) is 21.7. The molecule has 1 aliphatic rings. The van der Waals surface area contributed by atoms with Crippen molar-refractivity contribution in [3.05, 3.63) is 48.2 Å². The number of rotatable bonds is 4. The highest BCUT2D eigenvalue weighted by Gasteiger charge is 2.32. The molecule has 0 unspecified atom stereocenters. The van der Waals surface area contributed by atoms with Gasteiger partial charge in [0.2, 0.25) is 0 Å². The number of amides is 1. The fourth-order valence-corrected chi connectivity index (χ4v) is 4.06. The van der Waals surface area contributed by atoms with Gasteiger partial charge in [-0.25, -0.2) is 19.3 Å². The number of nitrogens with one attached hydrogen (secondary N) is 1. The minimum Gasteiger partial charge on any atom is -0.465 e. The number of hydrogen-bond donors (Lipinski definition) is 2. The number of benzene rings is 1. The first-order chi connectivity index (χ1) is 14.9. The van der Waals surface area contributed by atoms with E-state index in [1.165, 1.54) is 11.9 Å². The number of nitrogens with zero attached hydrogens (tertiary/aromatic N) is 7. The molecule has 0 spiro atoms. The van der Waals surface area contributed by atoms with Crippen LogP contribution in [0.25, 0.3) is 28.0 Å². The van der Waals surface area contributed by atoms with Gasteiger partial charge in [-0.1, -0.05) is 29.8 Å². The molecule has 1 saturated heterocycles. The van der Waals surface area contributed by atoms with E-state index in [4.69, 9.17) is 10.1 Å². The number of carboxylic acid groups (broad SMARTS) is 1. The van der Waals surface area contributed by atoms with Crippen LogP contribution in [0, 0.1) is 13.8 Å². The molecular formula is C21H22N8O2. The fourth-order valence-electron chi connectivity index (χ4n) is 4.06. The van der Waals surface area contributed by atoms with Crippen LogP contribution in [0.15, 0.2) is 36.8 Å². The topological polar surface area (TPSA) is 113 Å². The van der Waals surface area contributed by atoms with Gasteiger partial charge in [0, 0.05) is 31.3 Å². The van der Waals surface area contributed by atoms with Gasteiger partial charge >= 0.3 is 6.09 Å². The zero-order valence-electron chi connectivity index (χ0n) is 17.4. The molecule has 0 atom stereocenters. The maximum Gasteiger partial charge on any atom is 0.405 e. The van der Waals surface area contributed by atoms with Crippen molar-refractivity contribution in [2.24, 2.45) is 7.05 Å². The van der Waals surface area contributed by atoms with Crippen molar-refractivity contribution in [3.63, 3.8) is 0 Å². The van der Waals surface area contributed by atoms with Crippen molar-refractivity contribution in [1.82, 2.24) is 34.7 Å². The number of aryl methyl sites for hydroxylation is 3. The Labute approximate surface area is 178 Å². The van der Waals surface area contributed by atoms with Crippen molar-refractivity contribution >= 4 is 17.4 Å². The second kappa shape index (κ2) is 7.08. The van der Waals surface area contributed by atoms with E-state index >= 15 is 0 Å². The molecular weight excluding hydrogens is 396 g/mol. The highest BCUT2D eigenvalue weighted by atomic mass is 16.4. The number of fused-ring (bicyclic) bond motifs is 1. The van der Waals surface area contributed by atoms with Gasteiger partial charge < -0.3 is 15.3 Å².